The normalized spacial score (nSPS) is 13.0. The van der Waals surface area contributed by atoms with E-state index in [0.717, 1.165) is 19.4 Å². The monoisotopic (exact) mass is 218 g/mol. The molecule has 92 valence electrons. The SMILES string of the molecule is CCCOCCOCCOC(C)CCC. The first-order valence-corrected chi connectivity index (χ1v) is 6.08. The van der Waals surface area contributed by atoms with Gasteiger partial charge in [0, 0.05) is 6.61 Å². The van der Waals surface area contributed by atoms with Crippen LogP contribution in [0.5, 0.6) is 0 Å². The van der Waals surface area contributed by atoms with Crippen LogP contribution in [0.4, 0.5) is 0 Å². The Morgan fingerprint density at radius 1 is 0.800 bits per heavy atom. The molecular formula is C12H26O3. The molecule has 0 N–H and O–H groups in total. The van der Waals surface area contributed by atoms with E-state index >= 15 is 0 Å². The van der Waals surface area contributed by atoms with Crippen LogP contribution in [-0.2, 0) is 14.2 Å². The second kappa shape index (κ2) is 12.0. The summed E-state index contributed by atoms with van der Waals surface area (Å²) in [6.45, 7) is 9.93. The standard InChI is InChI=1S/C12H26O3/c1-4-6-12(3)15-11-10-14-9-8-13-7-5-2/h12H,4-11H2,1-3H3. The minimum absolute atomic E-state index is 0.356. The van der Waals surface area contributed by atoms with E-state index in [4.69, 9.17) is 14.2 Å². The van der Waals surface area contributed by atoms with Crippen LogP contribution in [0.1, 0.15) is 40.0 Å². The Morgan fingerprint density at radius 3 is 2.00 bits per heavy atom. The molecule has 3 heteroatoms. The summed E-state index contributed by atoms with van der Waals surface area (Å²) in [7, 11) is 0. The topological polar surface area (TPSA) is 27.7 Å². The van der Waals surface area contributed by atoms with E-state index in [2.05, 4.69) is 20.8 Å². The summed E-state index contributed by atoms with van der Waals surface area (Å²) < 4.78 is 16.2. The van der Waals surface area contributed by atoms with Crippen LogP contribution in [0, 0.1) is 0 Å². The summed E-state index contributed by atoms with van der Waals surface area (Å²) >= 11 is 0. The van der Waals surface area contributed by atoms with Crippen molar-refractivity contribution in [3.63, 3.8) is 0 Å². The fourth-order valence-electron chi connectivity index (χ4n) is 1.26. The van der Waals surface area contributed by atoms with Gasteiger partial charge in [-0.2, -0.15) is 0 Å². The Hall–Kier alpha value is -0.120. The molecule has 0 rings (SSSR count). The molecule has 0 spiro atoms. The predicted octanol–water partition coefficient (Wildman–Crippen LogP) is 2.63. The van der Waals surface area contributed by atoms with Crippen molar-refractivity contribution < 1.29 is 14.2 Å². The Morgan fingerprint density at radius 2 is 1.40 bits per heavy atom. The molecule has 15 heavy (non-hydrogen) atoms. The number of rotatable bonds is 11. The summed E-state index contributed by atoms with van der Waals surface area (Å²) in [5, 5.41) is 0. The molecule has 0 radical (unpaired) electrons. The van der Waals surface area contributed by atoms with Gasteiger partial charge in [0.05, 0.1) is 32.5 Å². The molecule has 0 saturated carbocycles. The van der Waals surface area contributed by atoms with Gasteiger partial charge in [-0.05, 0) is 19.8 Å². The maximum atomic E-state index is 5.54. The average molecular weight is 218 g/mol. The zero-order valence-electron chi connectivity index (χ0n) is 10.5. The van der Waals surface area contributed by atoms with Gasteiger partial charge in [-0.1, -0.05) is 20.3 Å². The predicted molar refractivity (Wildman–Crippen MR) is 62.3 cm³/mol. The summed E-state index contributed by atoms with van der Waals surface area (Å²) in [5.41, 5.74) is 0. The number of hydrogen-bond acceptors (Lipinski definition) is 3. The van der Waals surface area contributed by atoms with Gasteiger partial charge in [0.15, 0.2) is 0 Å². The van der Waals surface area contributed by atoms with Crippen LogP contribution in [0.2, 0.25) is 0 Å². The zero-order valence-corrected chi connectivity index (χ0v) is 10.5. The van der Waals surface area contributed by atoms with E-state index in [1.165, 1.54) is 6.42 Å². The Bertz CT molecular complexity index is 117. The van der Waals surface area contributed by atoms with Crippen molar-refractivity contribution in [2.75, 3.05) is 33.0 Å². The molecule has 3 nitrogen and oxygen atoms in total. The molecular weight excluding hydrogens is 192 g/mol. The maximum absolute atomic E-state index is 5.54. The minimum Gasteiger partial charge on any atom is -0.379 e. The van der Waals surface area contributed by atoms with Gasteiger partial charge in [-0.25, -0.2) is 0 Å². The van der Waals surface area contributed by atoms with Crippen LogP contribution < -0.4 is 0 Å². The Labute approximate surface area is 94.1 Å². The van der Waals surface area contributed by atoms with E-state index in [9.17, 15) is 0 Å². The molecule has 0 aliphatic rings. The van der Waals surface area contributed by atoms with Gasteiger partial charge in [0.25, 0.3) is 0 Å². The van der Waals surface area contributed by atoms with E-state index in [0.29, 0.717) is 32.5 Å². The first kappa shape index (κ1) is 14.9. The van der Waals surface area contributed by atoms with Crippen LogP contribution >= 0.6 is 0 Å². The second-order valence-electron chi connectivity index (χ2n) is 3.69. The van der Waals surface area contributed by atoms with E-state index in [-0.39, 0.29) is 0 Å². The van der Waals surface area contributed by atoms with Gasteiger partial charge in [0.2, 0.25) is 0 Å². The highest BCUT2D eigenvalue weighted by molar-refractivity contribution is 4.47. The van der Waals surface area contributed by atoms with Crippen molar-refractivity contribution in [1.82, 2.24) is 0 Å². The molecule has 0 fully saturated rings. The molecule has 0 bridgehead atoms. The Balaban J connectivity index is 2.98. The molecule has 0 aromatic rings. The van der Waals surface area contributed by atoms with Crippen LogP contribution in [0.15, 0.2) is 0 Å². The van der Waals surface area contributed by atoms with E-state index in [1.54, 1.807) is 0 Å². The first-order valence-electron chi connectivity index (χ1n) is 6.08. The molecule has 1 atom stereocenters. The molecule has 0 saturated heterocycles. The molecule has 0 aromatic heterocycles. The summed E-state index contributed by atoms with van der Waals surface area (Å²) in [6.07, 6.45) is 3.72. The van der Waals surface area contributed by atoms with Crippen molar-refractivity contribution in [2.24, 2.45) is 0 Å². The highest BCUT2D eigenvalue weighted by Crippen LogP contribution is 1.99. The molecule has 0 aliphatic carbocycles. The van der Waals surface area contributed by atoms with Gasteiger partial charge in [0.1, 0.15) is 0 Å². The molecule has 0 heterocycles. The fraction of sp³-hybridized carbons (Fsp3) is 1.00. The van der Waals surface area contributed by atoms with Crippen LogP contribution in [0.3, 0.4) is 0 Å². The quantitative estimate of drug-likeness (QED) is 0.499. The van der Waals surface area contributed by atoms with Crippen LogP contribution in [0.25, 0.3) is 0 Å². The van der Waals surface area contributed by atoms with Crippen molar-refractivity contribution in [3.05, 3.63) is 0 Å². The van der Waals surface area contributed by atoms with Gasteiger partial charge in [-0.3, -0.25) is 0 Å². The Kier molecular flexibility index (Phi) is 11.9. The van der Waals surface area contributed by atoms with E-state index < -0.39 is 0 Å². The summed E-state index contributed by atoms with van der Waals surface area (Å²) in [6, 6.07) is 0. The smallest absolute Gasteiger partial charge is 0.0704 e. The van der Waals surface area contributed by atoms with Crippen molar-refractivity contribution in [3.8, 4) is 0 Å². The third-order valence-corrected chi connectivity index (χ3v) is 2.05. The van der Waals surface area contributed by atoms with Crippen molar-refractivity contribution in [1.29, 1.82) is 0 Å². The highest BCUT2D eigenvalue weighted by Gasteiger charge is 1.99. The molecule has 1 unspecified atom stereocenters. The van der Waals surface area contributed by atoms with Crippen molar-refractivity contribution in [2.45, 2.75) is 46.1 Å². The third-order valence-electron chi connectivity index (χ3n) is 2.05. The van der Waals surface area contributed by atoms with Crippen LogP contribution in [-0.4, -0.2) is 39.1 Å². The van der Waals surface area contributed by atoms with Gasteiger partial charge in [-0.15, -0.1) is 0 Å². The lowest BCUT2D eigenvalue weighted by Crippen LogP contribution is -2.14. The van der Waals surface area contributed by atoms with E-state index in [1.807, 2.05) is 0 Å². The average Bonchev–Trinajstić information content (AvgIpc) is 2.22. The minimum atomic E-state index is 0.356. The summed E-state index contributed by atoms with van der Waals surface area (Å²) in [5.74, 6) is 0. The van der Waals surface area contributed by atoms with Crippen molar-refractivity contribution >= 4 is 0 Å². The largest absolute Gasteiger partial charge is 0.379 e. The molecule has 0 amide bonds. The molecule has 0 aromatic carbocycles. The summed E-state index contributed by atoms with van der Waals surface area (Å²) in [4.78, 5) is 0. The van der Waals surface area contributed by atoms with Gasteiger partial charge >= 0.3 is 0 Å². The highest BCUT2D eigenvalue weighted by atomic mass is 16.5. The molecule has 0 aliphatic heterocycles. The number of ether oxygens (including phenoxy) is 3. The zero-order chi connectivity index (χ0) is 11.4. The second-order valence-corrected chi connectivity index (χ2v) is 3.69. The maximum Gasteiger partial charge on any atom is 0.0704 e. The fourth-order valence-corrected chi connectivity index (χ4v) is 1.26. The number of hydrogen-bond donors (Lipinski definition) is 0. The lowest BCUT2D eigenvalue weighted by Gasteiger charge is -2.11. The third kappa shape index (κ3) is 11.8. The lowest BCUT2D eigenvalue weighted by molar-refractivity contribution is -0.00817. The first-order chi connectivity index (χ1) is 7.31. The van der Waals surface area contributed by atoms with Gasteiger partial charge < -0.3 is 14.2 Å². The lowest BCUT2D eigenvalue weighted by atomic mass is 10.2.